The predicted octanol–water partition coefficient (Wildman–Crippen LogP) is 2.53. The molecule has 0 aromatic heterocycles. The first-order valence-corrected chi connectivity index (χ1v) is 7.51. The molecule has 1 atom stereocenters. The predicted molar refractivity (Wildman–Crippen MR) is 81.5 cm³/mol. The number of benzene rings is 1. The third kappa shape index (κ3) is 4.16. The van der Waals surface area contributed by atoms with E-state index in [9.17, 15) is 23.1 Å². The van der Waals surface area contributed by atoms with Crippen LogP contribution in [0.2, 0.25) is 0 Å². The summed E-state index contributed by atoms with van der Waals surface area (Å²) in [5.41, 5.74) is 1.49. The van der Waals surface area contributed by atoms with Crippen LogP contribution in [0.25, 0.3) is 0 Å². The molecule has 4 nitrogen and oxygen atoms in total. The number of alkyl halides is 3. The fourth-order valence-corrected chi connectivity index (χ4v) is 2.77. The molecular formula is C16H21F3N2O2. The molecule has 0 saturated carbocycles. The van der Waals surface area contributed by atoms with Crippen LogP contribution in [0.5, 0.6) is 0 Å². The lowest BCUT2D eigenvalue weighted by Gasteiger charge is -2.34. The first-order chi connectivity index (χ1) is 10.7. The minimum atomic E-state index is -4.60. The van der Waals surface area contributed by atoms with E-state index in [1.165, 1.54) is 0 Å². The lowest BCUT2D eigenvalue weighted by Crippen LogP contribution is -2.45. The number of aliphatic hydroxyl groups is 1. The number of aliphatic hydroxyl groups excluding tert-OH is 1. The van der Waals surface area contributed by atoms with Gasteiger partial charge in [-0.3, -0.25) is 4.79 Å². The molecule has 0 radical (unpaired) electrons. The Labute approximate surface area is 133 Å². The number of hydrogen-bond donors (Lipinski definition) is 1. The van der Waals surface area contributed by atoms with Crippen LogP contribution in [0.1, 0.15) is 23.2 Å². The summed E-state index contributed by atoms with van der Waals surface area (Å²) in [7, 11) is 3.79. The van der Waals surface area contributed by atoms with Gasteiger partial charge in [-0.15, -0.1) is 0 Å². The summed E-state index contributed by atoms with van der Waals surface area (Å²) in [6.07, 6.45) is -6.59. The molecule has 23 heavy (non-hydrogen) atoms. The van der Waals surface area contributed by atoms with Crippen LogP contribution < -0.4 is 4.90 Å². The number of rotatable bonds is 3. The van der Waals surface area contributed by atoms with E-state index in [1.54, 1.807) is 17.0 Å². The maximum atomic E-state index is 12.5. The second kappa shape index (κ2) is 6.78. The smallest absolute Gasteiger partial charge is 0.383 e. The Hall–Kier alpha value is -1.76. The van der Waals surface area contributed by atoms with Gasteiger partial charge < -0.3 is 14.9 Å². The van der Waals surface area contributed by atoms with Crippen molar-refractivity contribution in [2.75, 3.05) is 32.1 Å². The Morgan fingerprint density at radius 2 is 1.74 bits per heavy atom. The minimum absolute atomic E-state index is 0.155. The molecule has 1 N–H and O–H groups in total. The first kappa shape index (κ1) is 17.6. The van der Waals surface area contributed by atoms with Crippen LogP contribution in [0, 0.1) is 5.92 Å². The molecule has 1 aliphatic rings. The highest BCUT2D eigenvalue weighted by Crippen LogP contribution is 2.32. The van der Waals surface area contributed by atoms with Gasteiger partial charge in [0, 0.05) is 38.4 Å². The summed E-state index contributed by atoms with van der Waals surface area (Å²) in [5.74, 6) is -1.02. The van der Waals surface area contributed by atoms with Gasteiger partial charge in [0.15, 0.2) is 6.10 Å². The van der Waals surface area contributed by atoms with E-state index in [4.69, 9.17) is 0 Å². The third-order valence-corrected chi connectivity index (χ3v) is 4.24. The lowest BCUT2D eigenvalue weighted by molar-refractivity contribution is -0.222. The first-order valence-electron chi connectivity index (χ1n) is 7.51. The standard InChI is InChI=1S/C16H21F3N2O2/c1-20(2)13-5-3-12(4-6-13)15(23)21-9-7-11(8-10-21)14(22)16(17,18)19/h3-6,11,14,22H,7-10H2,1-2H3. The Bertz CT molecular complexity index is 535. The van der Waals surface area contributed by atoms with Crippen molar-refractivity contribution >= 4 is 11.6 Å². The molecule has 1 heterocycles. The van der Waals surface area contributed by atoms with Crippen LogP contribution in [-0.2, 0) is 0 Å². The van der Waals surface area contributed by atoms with Crippen molar-refractivity contribution < 1.29 is 23.1 Å². The van der Waals surface area contributed by atoms with Crippen LogP contribution >= 0.6 is 0 Å². The lowest BCUT2D eigenvalue weighted by atomic mass is 9.90. The van der Waals surface area contributed by atoms with Crippen molar-refractivity contribution in [3.05, 3.63) is 29.8 Å². The zero-order chi connectivity index (χ0) is 17.2. The van der Waals surface area contributed by atoms with Crippen molar-refractivity contribution in [2.45, 2.75) is 25.1 Å². The van der Waals surface area contributed by atoms with Crippen molar-refractivity contribution in [3.8, 4) is 0 Å². The van der Waals surface area contributed by atoms with Gasteiger partial charge in [0.1, 0.15) is 0 Å². The summed E-state index contributed by atoms with van der Waals surface area (Å²) in [6.45, 7) is 0.456. The highest BCUT2D eigenvalue weighted by molar-refractivity contribution is 5.94. The number of hydrogen-bond acceptors (Lipinski definition) is 3. The monoisotopic (exact) mass is 330 g/mol. The van der Waals surface area contributed by atoms with E-state index in [0.717, 1.165) is 5.69 Å². The third-order valence-electron chi connectivity index (χ3n) is 4.24. The number of amides is 1. The van der Waals surface area contributed by atoms with Crippen LogP contribution in [0.4, 0.5) is 18.9 Å². The average Bonchev–Trinajstić information content (AvgIpc) is 2.53. The molecule has 1 fully saturated rings. The van der Waals surface area contributed by atoms with E-state index < -0.39 is 18.2 Å². The van der Waals surface area contributed by atoms with E-state index in [-0.39, 0.29) is 31.8 Å². The van der Waals surface area contributed by atoms with Crippen molar-refractivity contribution in [1.29, 1.82) is 0 Å². The molecule has 1 aromatic rings. The van der Waals surface area contributed by atoms with Gasteiger partial charge in [0.2, 0.25) is 0 Å². The zero-order valence-corrected chi connectivity index (χ0v) is 13.2. The Morgan fingerprint density at radius 3 is 2.17 bits per heavy atom. The minimum Gasteiger partial charge on any atom is -0.383 e. The van der Waals surface area contributed by atoms with Crippen molar-refractivity contribution in [2.24, 2.45) is 5.92 Å². The summed E-state index contributed by atoms with van der Waals surface area (Å²) < 4.78 is 37.6. The molecule has 0 bridgehead atoms. The van der Waals surface area contributed by atoms with Gasteiger partial charge in [-0.25, -0.2) is 0 Å². The normalized spacial score (nSPS) is 17.9. The highest BCUT2D eigenvalue weighted by Gasteiger charge is 2.44. The van der Waals surface area contributed by atoms with Crippen LogP contribution in [0.15, 0.2) is 24.3 Å². The number of carbonyl (C=O) groups is 1. The number of carbonyl (C=O) groups excluding carboxylic acids is 1. The topological polar surface area (TPSA) is 43.8 Å². The second-order valence-electron chi connectivity index (χ2n) is 6.06. The SMILES string of the molecule is CN(C)c1ccc(C(=O)N2CCC(C(O)C(F)(F)F)CC2)cc1. The van der Waals surface area contributed by atoms with Gasteiger partial charge in [-0.1, -0.05) is 0 Å². The van der Waals surface area contributed by atoms with Gasteiger partial charge in [-0.2, -0.15) is 13.2 Å². The molecule has 2 rings (SSSR count). The van der Waals surface area contributed by atoms with Gasteiger partial charge >= 0.3 is 6.18 Å². The molecule has 0 spiro atoms. The molecule has 7 heteroatoms. The molecule has 1 unspecified atom stereocenters. The summed E-state index contributed by atoms with van der Waals surface area (Å²) in [5, 5.41) is 9.30. The van der Waals surface area contributed by atoms with Crippen molar-refractivity contribution in [3.63, 3.8) is 0 Å². The Kier molecular flexibility index (Phi) is 5.19. The molecule has 1 amide bonds. The fraction of sp³-hybridized carbons (Fsp3) is 0.562. The molecule has 0 aliphatic carbocycles. The number of halogens is 3. The summed E-state index contributed by atoms with van der Waals surface area (Å²) in [6, 6.07) is 7.09. The number of anilines is 1. The summed E-state index contributed by atoms with van der Waals surface area (Å²) in [4.78, 5) is 15.8. The highest BCUT2D eigenvalue weighted by atomic mass is 19.4. The van der Waals surface area contributed by atoms with E-state index >= 15 is 0 Å². The average molecular weight is 330 g/mol. The Balaban J connectivity index is 1.96. The van der Waals surface area contributed by atoms with Crippen LogP contribution in [-0.4, -0.2) is 55.4 Å². The molecule has 1 saturated heterocycles. The van der Waals surface area contributed by atoms with Crippen LogP contribution in [0.3, 0.4) is 0 Å². The second-order valence-corrected chi connectivity index (χ2v) is 6.06. The van der Waals surface area contributed by atoms with E-state index in [0.29, 0.717) is 5.56 Å². The zero-order valence-electron chi connectivity index (χ0n) is 13.2. The number of likely N-dealkylation sites (tertiary alicyclic amines) is 1. The molecule has 1 aromatic carbocycles. The van der Waals surface area contributed by atoms with Gasteiger partial charge in [0.05, 0.1) is 0 Å². The maximum Gasteiger partial charge on any atom is 0.414 e. The van der Waals surface area contributed by atoms with Crippen molar-refractivity contribution in [1.82, 2.24) is 4.90 Å². The van der Waals surface area contributed by atoms with E-state index in [1.807, 2.05) is 31.1 Å². The molecule has 1 aliphatic heterocycles. The van der Waals surface area contributed by atoms with Gasteiger partial charge in [0.25, 0.3) is 5.91 Å². The largest absolute Gasteiger partial charge is 0.414 e. The maximum absolute atomic E-state index is 12.5. The van der Waals surface area contributed by atoms with E-state index in [2.05, 4.69) is 0 Å². The number of piperidine rings is 1. The molecular weight excluding hydrogens is 309 g/mol. The summed E-state index contributed by atoms with van der Waals surface area (Å²) >= 11 is 0. The number of nitrogens with zero attached hydrogens (tertiary/aromatic N) is 2. The quantitative estimate of drug-likeness (QED) is 0.926. The Morgan fingerprint density at radius 1 is 1.22 bits per heavy atom. The van der Waals surface area contributed by atoms with Gasteiger partial charge in [-0.05, 0) is 43.0 Å². The fourth-order valence-electron chi connectivity index (χ4n) is 2.77. The molecule has 128 valence electrons.